The van der Waals surface area contributed by atoms with Gasteiger partial charge in [0, 0.05) is 0 Å². The van der Waals surface area contributed by atoms with Gasteiger partial charge < -0.3 is 0 Å². The van der Waals surface area contributed by atoms with Crippen LogP contribution in [0.1, 0.15) is 12.5 Å². The van der Waals surface area contributed by atoms with Crippen LogP contribution in [0.2, 0.25) is 0 Å². The van der Waals surface area contributed by atoms with Gasteiger partial charge in [0.05, 0.1) is 0 Å². The third-order valence-electron chi connectivity index (χ3n) is 1.16. The first-order valence-corrected chi connectivity index (χ1v) is 2.68. The van der Waals surface area contributed by atoms with Crippen molar-refractivity contribution < 1.29 is 0 Å². The van der Waals surface area contributed by atoms with Crippen LogP contribution in [0.5, 0.6) is 0 Å². The normalized spacial score (nSPS) is 9.12. The Morgan fingerprint density at radius 1 is 1.75 bits per heavy atom. The molecule has 0 aliphatic rings. The van der Waals surface area contributed by atoms with E-state index in [1.54, 1.807) is 0 Å². The molecular formula is C8H9-. The lowest BCUT2D eigenvalue weighted by Gasteiger charge is -1.97. The van der Waals surface area contributed by atoms with E-state index in [1.165, 1.54) is 5.56 Å². The van der Waals surface area contributed by atoms with Crippen molar-refractivity contribution in [3.05, 3.63) is 36.4 Å². The molecule has 1 rings (SSSR count). The molecule has 0 bridgehead atoms. The minimum atomic E-state index is 1.13. The maximum absolute atomic E-state index is 3.80. The maximum atomic E-state index is 3.80. The maximum Gasteiger partial charge on any atom is -0.0746 e. The summed E-state index contributed by atoms with van der Waals surface area (Å²) >= 11 is 0. The molecule has 0 spiro atoms. The lowest BCUT2D eigenvalue weighted by Crippen LogP contribution is -1.65. The van der Waals surface area contributed by atoms with E-state index in [-0.39, 0.29) is 0 Å². The molecule has 0 N–H and O–H groups in total. The molecule has 0 radical (unpaired) electrons. The standard InChI is InChI=1S/C8H9/c1-7(2)8-5-3-4-6-8/h3-6H,1H2,2H3/q-1. The van der Waals surface area contributed by atoms with Crippen LogP contribution in [-0.2, 0) is 0 Å². The Labute approximate surface area is 49.8 Å². The van der Waals surface area contributed by atoms with Crippen molar-refractivity contribution in [2.24, 2.45) is 0 Å². The van der Waals surface area contributed by atoms with E-state index in [4.69, 9.17) is 0 Å². The van der Waals surface area contributed by atoms with Gasteiger partial charge in [0.1, 0.15) is 0 Å². The van der Waals surface area contributed by atoms with Gasteiger partial charge in [0.25, 0.3) is 0 Å². The molecule has 42 valence electrons. The largest absolute Gasteiger partial charge is 0.177 e. The lowest BCUT2D eigenvalue weighted by atomic mass is 10.2. The molecule has 0 heterocycles. The molecular weight excluding hydrogens is 96.1 g/mol. The van der Waals surface area contributed by atoms with E-state index >= 15 is 0 Å². The summed E-state index contributed by atoms with van der Waals surface area (Å²) in [5, 5.41) is 0. The van der Waals surface area contributed by atoms with Crippen LogP contribution in [0.4, 0.5) is 0 Å². The van der Waals surface area contributed by atoms with Crippen molar-refractivity contribution in [2.45, 2.75) is 6.92 Å². The van der Waals surface area contributed by atoms with Gasteiger partial charge in [0.2, 0.25) is 0 Å². The summed E-state index contributed by atoms with van der Waals surface area (Å²) in [6.07, 6.45) is 0. The first kappa shape index (κ1) is 5.23. The number of allylic oxidation sites excluding steroid dienone is 1. The lowest BCUT2D eigenvalue weighted by molar-refractivity contribution is 1.68. The molecule has 0 saturated carbocycles. The van der Waals surface area contributed by atoms with E-state index in [0.29, 0.717) is 0 Å². The number of hydrogen-bond donors (Lipinski definition) is 0. The van der Waals surface area contributed by atoms with Crippen molar-refractivity contribution in [2.75, 3.05) is 0 Å². The summed E-state index contributed by atoms with van der Waals surface area (Å²) in [5.74, 6) is 0. The summed E-state index contributed by atoms with van der Waals surface area (Å²) in [7, 11) is 0. The van der Waals surface area contributed by atoms with Crippen molar-refractivity contribution in [3.8, 4) is 0 Å². The van der Waals surface area contributed by atoms with Crippen LogP contribution in [0.3, 0.4) is 0 Å². The molecule has 0 aliphatic carbocycles. The number of hydrogen-bond acceptors (Lipinski definition) is 0. The van der Waals surface area contributed by atoms with Crippen LogP contribution < -0.4 is 0 Å². The predicted molar refractivity (Wildman–Crippen MR) is 36.7 cm³/mol. The Kier molecular flexibility index (Phi) is 1.25. The highest BCUT2D eigenvalue weighted by Crippen LogP contribution is 2.09. The average Bonchev–Trinajstić information content (AvgIpc) is 2.12. The minimum Gasteiger partial charge on any atom is -0.177 e. The fourth-order valence-corrected chi connectivity index (χ4v) is 0.659. The summed E-state index contributed by atoms with van der Waals surface area (Å²) < 4.78 is 0. The van der Waals surface area contributed by atoms with Crippen LogP contribution in [0, 0.1) is 0 Å². The first-order chi connectivity index (χ1) is 3.80. The third kappa shape index (κ3) is 0.836. The molecule has 0 heteroatoms. The third-order valence-corrected chi connectivity index (χ3v) is 1.16. The second-order valence-corrected chi connectivity index (χ2v) is 1.95. The SMILES string of the molecule is C=C(C)c1ccc[cH-]1. The Morgan fingerprint density at radius 2 is 2.50 bits per heavy atom. The van der Waals surface area contributed by atoms with Gasteiger partial charge in [-0.25, -0.2) is 0 Å². The van der Waals surface area contributed by atoms with Crippen molar-refractivity contribution in [1.82, 2.24) is 0 Å². The highest BCUT2D eigenvalue weighted by molar-refractivity contribution is 5.61. The molecule has 0 aliphatic heterocycles. The average molecular weight is 105 g/mol. The molecule has 0 amide bonds. The molecule has 0 aromatic heterocycles. The summed E-state index contributed by atoms with van der Waals surface area (Å²) in [6, 6.07) is 8.15. The van der Waals surface area contributed by atoms with E-state index < -0.39 is 0 Å². The molecule has 0 saturated heterocycles. The first-order valence-electron chi connectivity index (χ1n) is 2.68. The molecule has 1 aromatic carbocycles. The quantitative estimate of drug-likeness (QED) is 0.481. The van der Waals surface area contributed by atoms with Gasteiger partial charge in [-0.15, -0.1) is 18.2 Å². The van der Waals surface area contributed by atoms with Gasteiger partial charge in [0.15, 0.2) is 0 Å². The van der Waals surface area contributed by atoms with E-state index in [2.05, 4.69) is 18.7 Å². The highest BCUT2D eigenvalue weighted by atomic mass is 13.9. The Hall–Kier alpha value is -0.910. The van der Waals surface area contributed by atoms with Gasteiger partial charge in [-0.2, -0.15) is 23.8 Å². The molecule has 0 unspecified atom stereocenters. The fourth-order valence-electron chi connectivity index (χ4n) is 0.659. The van der Waals surface area contributed by atoms with Gasteiger partial charge in [-0.3, -0.25) is 0 Å². The molecule has 1 aromatic rings. The van der Waals surface area contributed by atoms with Crippen LogP contribution in [0.25, 0.3) is 5.57 Å². The smallest absolute Gasteiger partial charge is 0.0746 e. The molecule has 0 nitrogen and oxygen atoms in total. The Bertz CT molecular complexity index is 168. The van der Waals surface area contributed by atoms with Gasteiger partial charge >= 0.3 is 0 Å². The van der Waals surface area contributed by atoms with Gasteiger partial charge in [-0.05, 0) is 0 Å². The monoisotopic (exact) mass is 105 g/mol. The molecule has 0 atom stereocenters. The van der Waals surface area contributed by atoms with Crippen molar-refractivity contribution in [1.29, 1.82) is 0 Å². The van der Waals surface area contributed by atoms with Crippen LogP contribution in [0.15, 0.2) is 30.8 Å². The molecule has 8 heavy (non-hydrogen) atoms. The van der Waals surface area contributed by atoms with E-state index in [9.17, 15) is 0 Å². The zero-order valence-electron chi connectivity index (χ0n) is 5.02. The van der Waals surface area contributed by atoms with E-state index in [1.807, 2.05) is 19.1 Å². The summed E-state index contributed by atoms with van der Waals surface area (Å²) in [6.45, 7) is 5.81. The predicted octanol–water partition coefficient (Wildman–Crippen LogP) is 2.44. The second-order valence-electron chi connectivity index (χ2n) is 1.95. The fraction of sp³-hybridized carbons (Fsp3) is 0.125. The van der Waals surface area contributed by atoms with E-state index in [0.717, 1.165) is 5.57 Å². The zero-order valence-corrected chi connectivity index (χ0v) is 5.02. The summed E-state index contributed by atoms with van der Waals surface area (Å²) in [5.41, 5.74) is 2.38. The summed E-state index contributed by atoms with van der Waals surface area (Å²) in [4.78, 5) is 0. The Morgan fingerprint density at radius 3 is 2.75 bits per heavy atom. The highest BCUT2D eigenvalue weighted by Gasteiger charge is 1.77. The van der Waals surface area contributed by atoms with Crippen molar-refractivity contribution >= 4 is 5.57 Å². The zero-order chi connectivity index (χ0) is 5.98. The topological polar surface area (TPSA) is 0 Å². The van der Waals surface area contributed by atoms with Crippen molar-refractivity contribution in [3.63, 3.8) is 0 Å². The molecule has 0 fully saturated rings. The van der Waals surface area contributed by atoms with Crippen LogP contribution >= 0.6 is 0 Å². The minimum absolute atomic E-state index is 1.13. The number of rotatable bonds is 1. The van der Waals surface area contributed by atoms with Crippen LogP contribution in [-0.4, -0.2) is 0 Å². The van der Waals surface area contributed by atoms with Gasteiger partial charge in [-0.1, -0.05) is 6.92 Å². The second kappa shape index (κ2) is 1.91. The Balaban J connectivity index is 2.93.